The zero-order valence-electron chi connectivity index (χ0n) is 16.5. The van der Waals surface area contributed by atoms with E-state index in [0.29, 0.717) is 16.8 Å². The lowest BCUT2D eigenvalue weighted by Crippen LogP contribution is -2.20. The molecule has 0 fully saturated rings. The van der Waals surface area contributed by atoms with Crippen LogP contribution in [-0.2, 0) is 17.1 Å². The first kappa shape index (κ1) is 19.9. The number of carbonyl (C=O) groups is 2. The summed E-state index contributed by atoms with van der Waals surface area (Å²) in [5, 5.41) is 2.91. The van der Waals surface area contributed by atoms with Crippen LogP contribution in [0.25, 0.3) is 11.0 Å². The van der Waals surface area contributed by atoms with E-state index in [1.165, 1.54) is 0 Å². The number of carbonyl (C=O) groups excluding carboxylic acids is 2. The normalized spacial score (nSPS) is 10.8. The fourth-order valence-corrected chi connectivity index (χ4v) is 3.86. The molecule has 1 amide bonds. The molecule has 1 heterocycles. The van der Waals surface area contributed by atoms with Crippen molar-refractivity contribution >= 4 is 40.2 Å². The standard InChI is InChI=1S/C24H21N3O2S/c1-30-16-22-26-20-12-5-6-13-21(20)27(22)15-23(28)25-19-11-7-10-18(14-19)24(29)17-8-3-2-4-9-17/h2-14H,15-16H2,1H3,(H,25,28). The molecule has 0 aliphatic rings. The Labute approximate surface area is 179 Å². The van der Waals surface area contributed by atoms with Crippen LogP contribution in [0.15, 0.2) is 78.9 Å². The number of ketones is 1. The summed E-state index contributed by atoms with van der Waals surface area (Å²) in [7, 11) is 0. The minimum absolute atomic E-state index is 0.0745. The lowest BCUT2D eigenvalue weighted by atomic mass is 10.0. The molecule has 0 saturated heterocycles. The van der Waals surface area contributed by atoms with Crippen molar-refractivity contribution in [2.45, 2.75) is 12.3 Å². The Hall–Kier alpha value is -3.38. The lowest BCUT2D eigenvalue weighted by molar-refractivity contribution is -0.116. The monoisotopic (exact) mass is 415 g/mol. The molecule has 150 valence electrons. The first-order chi connectivity index (χ1) is 14.7. The molecule has 4 rings (SSSR count). The van der Waals surface area contributed by atoms with Gasteiger partial charge in [0.1, 0.15) is 12.4 Å². The molecule has 4 aromatic rings. The SMILES string of the molecule is CSCc1nc2ccccc2n1CC(=O)Nc1cccc(C(=O)c2ccccc2)c1. The highest BCUT2D eigenvalue weighted by molar-refractivity contribution is 7.97. The molecule has 0 aliphatic heterocycles. The van der Waals surface area contributed by atoms with Gasteiger partial charge in [0, 0.05) is 16.8 Å². The number of aromatic nitrogens is 2. The maximum atomic E-state index is 12.8. The van der Waals surface area contributed by atoms with E-state index in [1.807, 2.05) is 53.3 Å². The number of benzene rings is 3. The molecular formula is C24H21N3O2S. The molecule has 0 atom stereocenters. The average molecular weight is 416 g/mol. The minimum atomic E-state index is -0.162. The molecule has 0 radical (unpaired) electrons. The van der Waals surface area contributed by atoms with Gasteiger partial charge in [-0.05, 0) is 30.5 Å². The van der Waals surface area contributed by atoms with Crippen molar-refractivity contribution in [1.29, 1.82) is 0 Å². The molecule has 0 unspecified atom stereocenters. The smallest absolute Gasteiger partial charge is 0.244 e. The topological polar surface area (TPSA) is 64.0 Å². The fourth-order valence-electron chi connectivity index (χ4n) is 3.38. The number of nitrogens with zero attached hydrogens (tertiary/aromatic N) is 2. The number of imidazole rings is 1. The molecular weight excluding hydrogens is 394 g/mol. The molecule has 0 spiro atoms. The summed E-state index contributed by atoms with van der Waals surface area (Å²) < 4.78 is 1.94. The van der Waals surface area contributed by atoms with Crippen LogP contribution in [0.2, 0.25) is 0 Å². The Kier molecular flexibility index (Phi) is 5.95. The lowest BCUT2D eigenvalue weighted by Gasteiger charge is -2.10. The highest BCUT2D eigenvalue weighted by Gasteiger charge is 2.14. The van der Waals surface area contributed by atoms with E-state index in [1.54, 1.807) is 48.2 Å². The van der Waals surface area contributed by atoms with E-state index in [0.717, 1.165) is 22.6 Å². The predicted octanol–water partition coefficient (Wildman–Crippen LogP) is 4.77. The van der Waals surface area contributed by atoms with Crippen LogP contribution in [-0.4, -0.2) is 27.5 Å². The second-order valence-electron chi connectivity index (χ2n) is 6.86. The van der Waals surface area contributed by atoms with E-state index in [-0.39, 0.29) is 18.2 Å². The molecule has 0 saturated carbocycles. The molecule has 6 heteroatoms. The quantitative estimate of drug-likeness (QED) is 0.442. The van der Waals surface area contributed by atoms with Gasteiger partial charge in [-0.25, -0.2) is 4.98 Å². The summed E-state index contributed by atoms with van der Waals surface area (Å²) >= 11 is 1.67. The molecule has 1 N–H and O–H groups in total. The van der Waals surface area contributed by atoms with Gasteiger partial charge in [-0.15, -0.1) is 0 Å². The van der Waals surface area contributed by atoms with Gasteiger partial charge < -0.3 is 9.88 Å². The van der Waals surface area contributed by atoms with Gasteiger partial charge in [0.05, 0.1) is 16.8 Å². The maximum absolute atomic E-state index is 12.8. The van der Waals surface area contributed by atoms with Gasteiger partial charge >= 0.3 is 0 Å². The molecule has 3 aromatic carbocycles. The Morgan fingerprint density at radius 1 is 0.933 bits per heavy atom. The van der Waals surface area contributed by atoms with Crippen molar-refractivity contribution in [3.8, 4) is 0 Å². The number of hydrogen-bond donors (Lipinski definition) is 1. The largest absolute Gasteiger partial charge is 0.325 e. The second-order valence-corrected chi connectivity index (χ2v) is 7.73. The van der Waals surface area contributed by atoms with Crippen molar-refractivity contribution in [2.75, 3.05) is 11.6 Å². The van der Waals surface area contributed by atoms with Crippen LogP contribution in [0.4, 0.5) is 5.69 Å². The van der Waals surface area contributed by atoms with Crippen LogP contribution in [0, 0.1) is 0 Å². The highest BCUT2D eigenvalue weighted by atomic mass is 32.2. The molecule has 30 heavy (non-hydrogen) atoms. The van der Waals surface area contributed by atoms with Crippen LogP contribution in [0.3, 0.4) is 0 Å². The number of rotatable bonds is 7. The van der Waals surface area contributed by atoms with Crippen molar-refractivity contribution in [1.82, 2.24) is 9.55 Å². The van der Waals surface area contributed by atoms with Gasteiger partial charge in [0.25, 0.3) is 0 Å². The van der Waals surface area contributed by atoms with Crippen molar-refractivity contribution in [3.05, 3.63) is 95.8 Å². The predicted molar refractivity (Wildman–Crippen MR) is 122 cm³/mol. The Balaban J connectivity index is 1.53. The average Bonchev–Trinajstić information content (AvgIpc) is 3.11. The number of amides is 1. The third kappa shape index (κ3) is 4.28. The zero-order valence-corrected chi connectivity index (χ0v) is 17.4. The molecule has 5 nitrogen and oxygen atoms in total. The van der Waals surface area contributed by atoms with E-state index in [2.05, 4.69) is 10.3 Å². The highest BCUT2D eigenvalue weighted by Crippen LogP contribution is 2.20. The zero-order chi connectivity index (χ0) is 20.9. The molecule has 0 bridgehead atoms. The van der Waals surface area contributed by atoms with Gasteiger partial charge in [-0.2, -0.15) is 11.8 Å². The Morgan fingerprint density at radius 2 is 1.67 bits per heavy atom. The first-order valence-corrected chi connectivity index (χ1v) is 11.0. The number of nitrogens with one attached hydrogen (secondary N) is 1. The number of hydrogen-bond acceptors (Lipinski definition) is 4. The van der Waals surface area contributed by atoms with E-state index >= 15 is 0 Å². The van der Waals surface area contributed by atoms with Crippen molar-refractivity contribution in [3.63, 3.8) is 0 Å². The summed E-state index contributed by atoms with van der Waals surface area (Å²) in [4.78, 5) is 30.1. The first-order valence-electron chi connectivity index (χ1n) is 9.58. The summed E-state index contributed by atoms with van der Waals surface area (Å²) in [6.07, 6.45) is 2.01. The van der Waals surface area contributed by atoms with E-state index in [4.69, 9.17) is 0 Å². The molecule has 1 aromatic heterocycles. The fraction of sp³-hybridized carbons (Fsp3) is 0.125. The summed E-state index contributed by atoms with van der Waals surface area (Å²) in [5.74, 6) is 1.36. The Morgan fingerprint density at radius 3 is 2.47 bits per heavy atom. The number of para-hydroxylation sites is 2. The number of thioether (sulfide) groups is 1. The number of fused-ring (bicyclic) bond motifs is 1. The summed E-state index contributed by atoms with van der Waals surface area (Å²) in [6, 6.07) is 23.9. The van der Waals surface area contributed by atoms with Gasteiger partial charge in [-0.3, -0.25) is 9.59 Å². The summed E-state index contributed by atoms with van der Waals surface area (Å²) in [5.41, 5.74) is 3.56. The van der Waals surface area contributed by atoms with Gasteiger partial charge in [0.15, 0.2) is 5.78 Å². The molecule has 0 aliphatic carbocycles. The maximum Gasteiger partial charge on any atom is 0.244 e. The van der Waals surface area contributed by atoms with E-state index < -0.39 is 0 Å². The van der Waals surface area contributed by atoms with E-state index in [9.17, 15) is 9.59 Å². The van der Waals surface area contributed by atoms with Crippen LogP contribution in [0.5, 0.6) is 0 Å². The van der Waals surface area contributed by atoms with Crippen molar-refractivity contribution < 1.29 is 9.59 Å². The minimum Gasteiger partial charge on any atom is -0.325 e. The van der Waals surface area contributed by atoms with Crippen molar-refractivity contribution in [2.24, 2.45) is 0 Å². The van der Waals surface area contributed by atoms with Crippen LogP contribution in [0.1, 0.15) is 21.7 Å². The van der Waals surface area contributed by atoms with Gasteiger partial charge in [-0.1, -0.05) is 54.6 Å². The van der Waals surface area contributed by atoms with Gasteiger partial charge in [0.2, 0.25) is 5.91 Å². The van der Waals surface area contributed by atoms with Crippen LogP contribution < -0.4 is 5.32 Å². The summed E-state index contributed by atoms with van der Waals surface area (Å²) in [6.45, 7) is 0.160. The third-order valence-electron chi connectivity index (χ3n) is 4.75. The van der Waals surface area contributed by atoms with Crippen LogP contribution >= 0.6 is 11.8 Å². The second kappa shape index (κ2) is 8.97. The number of anilines is 1. The Bertz CT molecular complexity index is 1200. The third-order valence-corrected chi connectivity index (χ3v) is 5.30.